The molecular formula is C17H17BrClNO. The molecule has 0 amide bonds. The van der Waals surface area contributed by atoms with Crippen molar-refractivity contribution in [3.8, 4) is 11.5 Å². The first kappa shape index (κ1) is 14.9. The van der Waals surface area contributed by atoms with Crippen LogP contribution in [0.2, 0.25) is 5.02 Å². The Hall–Kier alpha value is -1.03. The van der Waals surface area contributed by atoms with Gasteiger partial charge in [-0.3, -0.25) is 0 Å². The highest BCUT2D eigenvalue weighted by Gasteiger charge is 2.31. The van der Waals surface area contributed by atoms with Gasteiger partial charge in [0.05, 0.1) is 0 Å². The van der Waals surface area contributed by atoms with E-state index in [0.717, 1.165) is 34.0 Å². The molecule has 1 aliphatic heterocycles. The molecule has 21 heavy (non-hydrogen) atoms. The number of halogens is 2. The summed E-state index contributed by atoms with van der Waals surface area (Å²) in [5.74, 6) is 2.49. The largest absolute Gasteiger partial charge is 0.457 e. The van der Waals surface area contributed by atoms with Gasteiger partial charge in [-0.1, -0.05) is 45.7 Å². The summed E-state index contributed by atoms with van der Waals surface area (Å²) in [5.41, 5.74) is 2.40. The highest BCUT2D eigenvalue weighted by atomic mass is 79.9. The van der Waals surface area contributed by atoms with Crippen LogP contribution >= 0.6 is 27.5 Å². The van der Waals surface area contributed by atoms with Crippen LogP contribution in [-0.4, -0.2) is 18.9 Å². The summed E-state index contributed by atoms with van der Waals surface area (Å²) in [6.07, 6.45) is 0. The fourth-order valence-corrected chi connectivity index (χ4v) is 3.98. The third-order valence-corrected chi connectivity index (χ3v) is 4.92. The van der Waals surface area contributed by atoms with E-state index in [1.54, 1.807) is 0 Å². The van der Waals surface area contributed by atoms with Crippen LogP contribution in [0.4, 0.5) is 0 Å². The summed E-state index contributed by atoms with van der Waals surface area (Å²) in [7, 11) is 1.98. The van der Waals surface area contributed by atoms with Crippen LogP contribution in [0.25, 0.3) is 0 Å². The second-order valence-corrected chi connectivity index (χ2v) is 6.33. The lowest BCUT2D eigenvalue weighted by molar-refractivity contribution is 0.477. The number of hydrogen-bond acceptors (Lipinski definition) is 2. The molecule has 2 atom stereocenters. The first-order valence-corrected chi connectivity index (χ1v) is 8.51. The van der Waals surface area contributed by atoms with Gasteiger partial charge in [0.1, 0.15) is 11.5 Å². The molecule has 0 radical (unpaired) electrons. The molecule has 0 aliphatic carbocycles. The van der Waals surface area contributed by atoms with Crippen LogP contribution in [0.3, 0.4) is 0 Å². The smallest absolute Gasteiger partial charge is 0.131 e. The summed E-state index contributed by atoms with van der Waals surface area (Å²) in [6.45, 7) is 0.876. The minimum Gasteiger partial charge on any atom is -0.457 e. The third-order valence-electron chi connectivity index (χ3n) is 3.99. The van der Waals surface area contributed by atoms with Gasteiger partial charge in [-0.05, 0) is 36.9 Å². The van der Waals surface area contributed by atoms with E-state index in [4.69, 9.17) is 16.3 Å². The molecule has 1 N–H and O–H groups in total. The Morgan fingerprint density at radius 1 is 1.10 bits per heavy atom. The molecule has 2 aromatic carbocycles. The van der Waals surface area contributed by atoms with E-state index in [9.17, 15) is 0 Å². The lowest BCUT2D eigenvalue weighted by Gasteiger charge is -2.25. The zero-order chi connectivity index (χ0) is 14.8. The van der Waals surface area contributed by atoms with Crippen molar-refractivity contribution in [1.29, 1.82) is 0 Å². The number of nitrogens with one attached hydrogen (secondary N) is 1. The van der Waals surface area contributed by atoms with Crippen LogP contribution in [0.15, 0.2) is 42.5 Å². The molecule has 0 saturated carbocycles. The Labute approximate surface area is 138 Å². The average Bonchev–Trinajstić information content (AvgIpc) is 2.62. The predicted molar refractivity (Wildman–Crippen MR) is 91.2 cm³/mol. The maximum Gasteiger partial charge on any atom is 0.131 e. The topological polar surface area (TPSA) is 21.3 Å². The van der Waals surface area contributed by atoms with E-state index in [0.29, 0.717) is 11.8 Å². The fourth-order valence-electron chi connectivity index (χ4n) is 3.00. The van der Waals surface area contributed by atoms with Crippen LogP contribution in [0.1, 0.15) is 23.0 Å². The van der Waals surface area contributed by atoms with Crippen molar-refractivity contribution in [3.63, 3.8) is 0 Å². The van der Waals surface area contributed by atoms with Gasteiger partial charge in [-0.25, -0.2) is 0 Å². The molecule has 0 saturated heterocycles. The molecule has 3 rings (SSSR count). The number of alkyl halides is 1. The number of hydrogen-bond donors (Lipinski definition) is 1. The first-order chi connectivity index (χ1) is 10.2. The van der Waals surface area contributed by atoms with Gasteiger partial charge in [0, 0.05) is 34.3 Å². The SMILES string of the molecule is CNC[C@H]1c2cc(Cl)ccc2Oc2ccccc2[C@@H]1CBr. The summed E-state index contributed by atoms with van der Waals surface area (Å²) in [4.78, 5) is 0. The zero-order valence-electron chi connectivity index (χ0n) is 11.8. The molecule has 110 valence electrons. The van der Waals surface area contributed by atoms with Gasteiger partial charge in [0.25, 0.3) is 0 Å². The molecule has 4 heteroatoms. The Balaban J connectivity index is 2.19. The van der Waals surface area contributed by atoms with E-state index in [-0.39, 0.29) is 0 Å². The second-order valence-electron chi connectivity index (χ2n) is 5.25. The summed E-state index contributed by atoms with van der Waals surface area (Å²) < 4.78 is 6.16. The minimum absolute atomic E-state index is 0.312. The molecule has 2 aromatic rings. The van der Waals surface area contributed by atoms with Crippen molar-refractivity contribution in [2.24, 2.45) is 0 Å². The van der Waals surface area contributed by atoms with E-state index >= 15 is 0 Å². The van der Waals surface area contributed by atoms with Gasteiger partial charge in [-0.2, -0.15) is 0 Å². The van der Waals surface area contributed by atoms with E-state index in [2.05, 4.69) is 33.4 Å². The predicted octanol–water partition coefficient (Wildman–Crippen LogP) is 4.93. The van der Waals surface area contributed by atoms with Crippen molar-refractivity contribution < 1.29 is 4.74 Å². The Kier molecular flexibility index (Phi) is 4.53. The molecule has 0 bridgehead atoms. The lowest BCUT2D eigenvalue weighted by atomic mass is 9.82. The number of para-hydroxylation sites is 1. The Bertz CT molecular complexity index is 646. The van der Waals surface area contributed by atoms with Crippen molar-refractivity contribution >= 4 is 27.5 Å². The molecule has 0 spiro atoms. The normalized spacial score (nSPS) is 20.1. The molecule has 1 aliphatic rings. The lowest BCUT2D eigenvalue weighted by Crippen LogP contribution is -2.23. The zero-order valence-corrected chi connectivity index (χ0v) is 14.1. The molecule has 0 fully saturated rings. The van der Waals surface area contributed by atoms with Gasteiger partial charge in [0.15, 0.2) is 0 Å². The minimum atomic E-state index is 0.312. The highest BCUT2D eigenvalue weighted by molar-refractivity contribution is 9.09. The maximum atomic E-state index is 6.21. The second kappa shape index (κ2) is 6.39. The standard InChI is InChI=1S/C17H17BrClNO/c1-20-10-15-13-8-11(19)6-7-17(13)21-16-5-3-2-4-12(16)14(15)9-18/h2-8,14-15,20H,9-10H2,1H3/t14-,15-/m0/s1. The summed E-state index contributed by atoms with van der Waals surface area (Å²) >= 11 is 9.89. The van der Waals surface area contributed by atoms with Gasteiger partial charge in [0.2, 0.25) is 0 Å². The van der Waals surface area contributed by atoms with E-state index in [1.165, 1.54) is 5.56 Å². The summed E-state index contributed by atoms with van der Waals surface area (Å²) in [5, 5.41) is 4.93. The number of rotatable bonds is 3. The quantitative estimate of drug-likeness (QED) is 0.778. The number of benzene rings is 2. The molecule has 0 unspecified atom stereocenters. The van der Waals surface area contributed by atoms with Crippen molar-refractivity contribution in [2.75, 3.05) is 18.9 Å². The van der Waals surface area contributed by atoms with Crippen LogP contribution in [0.5, 0.6) is 11.5 Å². The number of ether oxygens (including phenoxy) is 1. The van der Waals surface area contributed by atoms with Crippen molar-refractivity contribution in [3.05, 3.63) is 58.6 Å². The first-order valence-electron chi connectivity index (χ1n) is 7.01. The van der Waals surface area contributed by atoms with Gasteiger partial charge < -0.3 is 10.1 Å². The van der Waals surface area contributed by atoms with Crippen LogP contribution in [-0.2, 0) is 0 Å². The van der Waals surface area contributed by atoms with Crippen LogP contribution < -0.4 is 10.1 Å². The Morgan fingerprint density at radius 3 is 2.62 bits per heavy atom. The fraction of sp³-hybridized carbons (Fsp3) is 0.294. The summed E-state index contributed by atoms with van der Waals surface area (Å²) in [6, 6.07) is 14.1. The number of fused-ring (bicyclic) bond motifs is 2. The van der Waals surface area contributed by atoms with Gasteiger partial charge in [-0.15, -0.1) is 0 Å². The van der Waals surface area contributed by atoms with Gasteiger partial charge >= 0.3 is 0 Å². The van der Waals surface area contributed by atoms with Crippen LogP contribution in [0, 0.1) is 0 Å². The Morgan fingerprint density at radius 2 is 1.86 bits per heavy atom. The van der Waals surface area contributed by atoms with E-state index in [1.807, 2.05) is 37.4 Å². The highest BCUT2D eigenvalue weighted by Crippen LogP contribution is 2.47. The molecule has 0 aromatic heterocycles. The third kappa shape index (κ3) is 2.83. The van der Waals surface area contributed by atoms with E-state index < -0.39 is 0 Å². The monoisotopic (exact) mass is 365 g/mol. The number of likely N-dealkylation sites (N-methyl/N-ethyl adjacent to an activating group) is 1. The van der Waals surface area contributed by atoms with Crippen molar-refractivity contribution in [2.45, 2.75) is 11.8 Å². The molecular weight excluding hydrogens is 350 g/mol. The average molecular weight is 367 g/mol. The molecule has 2 nitrogen and oxygen atoms in total. The maximum absolute atomic E-state index is 6.21. The molecule has 1 heterocycles. The van der Waals surface area contributed by atoms with Crippen molar-refractivity contribution in [1.82, 2.24) is 5.32 Å².